The van der Waals surface area contributed by atoms with E-state index in [0.29, 0.717) is 5.02 Å². The third kappa shape index (κ3) is 3.76. The molecule has 1 N–H and O–H groups in total. The Kier molecular flexibility index (Phi) is 4.86. The number of hydrogen-bond acceptors (Lipinski definition) is 2. The summed E-state index contributed by atoms with van der Waals surface area (Å²) < 4.78 is 5.22. The highest BCUT2D eigenvalue weighted by Gasteiger charge is 2.08. The summed E-state index contributed by atoms with van der Waals surface area (Å²) in [7, 11) is 1.62. The summed E-state index contributed by atoms with van der Waals surface area (Å²) in [6, 6.07) is 13.1. The lowest BCUT2D eigenvalue weighted by Gasteiger charge is -2.10. The van der Waals surface area contributed by atoms with Gasteiger partial charge in [0.25, 0.3) is 0 Å². The Hall–Kier alpha value is -2.00. The average molecular weight is 304 g/mol. The van der Waals surface area contributed by atoms with Crippen molar-refractivity contribution in [1.29, 1.82) is 0 Å². The van der Waals surface area contributed by atoms with Crippen LogP contribution in [0.25, 0.3) is 11.1 Å². The normalized spacial score (nSPS) is 10.5. The molecule has 0 radical (unpaired) electrons. The maximum Gasteiger partial charge on any atom is 0.226 e. The first-order valence-electron chi connectivity index (χ1n) is 6.76. The molecule has 0 saturated heterocycles. The summed E-state index contributed by atoms with van der Waals surface area (Å²) in [4.78, 5) is 11.7. The van der Waals surface area contributed by atoms with Crippen LogP contribution in [0.5, 0.6) is 5.75 Å². The number of benzene rings is 2. The van der Waals surface area contributed by atoms with Gasteiger partial charge < -0.3 is 10.1 Å². The molecule has 2 aromatic carbocycles. The molecule has 2 aromatic rings. The highest BCUT2D eigenvalue weighted by atomic mass is 35.5. The fraction of sp³-hybridized carbons (Fsp3) is 0.235. The monoisotopic (exact) mass is 303 g/mol. The van der Waals surface area contributed by atoms with E-state index in [2.05, 4.69) is 5.32 Å². The largest absolute Gasteiger partial charge is 0.497 e. The van der Waals surface area contributed by atoms with Crippen molar-refractivity contribution < 1.29 is 9.53 Å². The molecular weight excluding hydrogens is 286 g/mol. The van der Waals surface area contributed by atoms with E-state index in [1.54, 1.807) is 7.11 Å². The van der Waals surface area contributed by atoms with Gasteiger partial charge in [0.05, 0.1) is 7.11 Å². The molecular formula is C17H18ClNO2. The van der Waals surface area contributed by atoms with Crippen molar-refractivity contribution in [3.05, 3.63) is 47.5 Å². The number of amides is 1. The van der Waals surface area contributed by atoms with Gasteiger partial charge in [-0.3, -0.25) is 4.79 Å². The average Bonchev–Trinajstić information content (AvgIpc) is 2.48. The van der Waals surface area contributed by atoms with Gasteiger partial charge >= 0.3 is 0 Å². The van der Waals surface area contributed by atoms with Crippen LogP contribution in [0.3, 0.4) is 0 Å². The summed E-state index contributed by atoms with van der Waals surface area (Å²) in [6.45, 7) is 3.72. The minimum absolute atomic E-state index is 0.00200. The number of hydrogen-bond donors (Lipinski definition) is 1. The number of methoxy groups -OCH3 is 1. The molecule has 0 aliphatic carbocycles. The van der Waals surface area contributed by atoms with Gasteiger partial charge in [-0.2, -0.15) is 0 Å². The third-order valence-electron chi connectivity index (χ3n) is 3.16. The second kappa shape index (κ2) is 6.64. The van der Waals surface area contributed by atoms with Gasteiger partial charge in [0.1, 0.15) is 5.75 Å². The maximum atomic E-state index is 11.7. The Morgan fingerprint density at radius 1 is 1.14 bits per heavy atom. The van der Waals surface area contributed by atoms with Crippen molar-refractivity contribution in [2.24, 2.45) is 5.92 Å². The molecule has 0 fully saturated rings. The van der Waals surface area contributed by atoms with Crippen LogP contribution >= 0.6 is 11.6 Å². The molecule has 0 aliphatic rings. The second-order valence-corrected chi connectivity index (χ2v) is 5.47. The number of ether oxygens (including phenoxy) is 1. The smallest absolute Gasteiger partial charge is 0.226 e. The molecule has 0 saturated carbocycles. The summed E-state index contributed by atoms with van der Waals surface area (Å²) in [5.41, 5.74) is 2.65. The van der Waals surface area contributed by atoms with Crippen LogP contribution in [0, 0.1) is 5.92 Å². The van der Waals surface area contributed by atoms with Crippen LogP contribution in [-0.4, -0.2) is 13.0 Å². The first kappa shape index (κ1) is 15.4. The van der Waals surface area contributed by atoms with Crippen molar-refractivity contribution in [2.75, 3.05) is 12.4 Å². The van der Waals surface area contributed by atoms with E-state index in [4.69, 9.17) is 16.3 Å². The SMILES string of the molecule is COc1ccc(Cl)c(-c2ccc(NC(=O)C(C)C)cc2)c1. The van der Waals surface area contributed by atoms with Crippen LogP contribution in [-0.2, 0) is 4.79 Å². The Balaban J connectivity index is 2.25. The summed E-state index contributed by atoms with van der Waals surface area (Å²) in [5, 5.41) is 3.52. The minimum Gasteiger partial charge on any atom is -0.497 e. The zero-order valence-corrected chi connectivity index (χ0v) is 13.1. The molecule has 110 valence electrons. The van der Waals surface area contributed by atoms with E-state index in [9.17, 15) is 4.79 Å². The van der Waals surface area contributed by atoms with Gasteiger partial charge in [0, 0.05) is 22.2 Å². The molecule has 0 aliphatic heterocycles. The summed E-state index contributed by atoms with van der Waals surface area (Å²) in [5.74, 6) is 0.714. The van der Waals surface area contributed by atoms with Gasteiger partial charge in [-0.25, -0.2) is 0 Å². The van der Waals surface area contributed by atoms with Gasteiger partial charge in [0.15, 0.2) is 0 Å². The molecule has 0 spiro atoms. The van der Waals surface area contributed by atoms with Gasteiger partial charge in [0.2, 0.25) is 5.91 Å². The first-order chi connectivity index (χ1) is 10.0. The van der Waals surface area contributed by atoms with Crippen molar-refractivity contribution in [3.8, 4) is 16.9 Å². The number of rotatable bonds is 4. The molecule has 0 heterocycles. The molecule has 3 nitrogen and oxygen atoms in total. The van der Waals surface area contributed by atoms with E-state index in [1.807, 2.05) is 56.3 Å². The van der Waals surface area contributed by atoms with Gasteiger partial charge in [-0.15, -0.1) is 0 Å². The predicted molar refractivity (Wildman–Crippen MR) is 86.9 cm³/mol. The predicted octanol–water partition coefficient (Wildman–Crippen LogP) is 4.61. The van der Waals surface area contributed by atoms with E-state index in [-0.39, 0.29) is 11.8 Å². The zero-order valence-electron chi connectivity index (χ0n) is 12.3. The molecule has 1 amide bonds. The van der Waals surface area contributed by atoms with E-state index in [1.165, 1.54) is 0 Å². The lowest BCUT2D eigenvalue weighted by molar-refractivity contribution is -0.118. The lowest BCUT2D eigenvalue weighted by Crippen LogP contribution is -2.17. The number of nitrogens with one attached hydrogen (secondary N) is 1. The number of halogens is 1. The fourth-order valence-electron chi connectivity index (χ4n) is 1.87. The van der Waals surface area contributed by atoms with E-state index < -0.39 is 0 Å². The number of carbonyl (C=O) groups is 1. The van der Waals surface area contributed by atoms with Crippen LogP contribution in [0.4, 0.5) is 5.69 Å². The number of anilines is 1. The van der Waals surface area contributed by atoms with Crippen LogP contribution in [0.2, 0.25) is 5.02 Å². The summed E-state index contributed by atoms with van der Waals surface area (Å²) in [6.07, 6.45) is 0. The Bertz CT molecular complexity index is 636. The van der Waals surface area contributed by atoms with Crippen molar-refractivity contribution in [1.82, 2.24) is 0 Å². The second-order valence-electron chi connectivity index (χ2n) is 5.07. The van der Waals surface area contributed by atoms with Crippen molar-refractivity contribution in [3.63, 3.8) is 0 Å². The zero-order chi connectivity index (χ0) is 15.4. The fourth-order valence-corrected chi connectivity index (χ4v) is 2.10. The lowest BCUT2D eigenvalue weighted by atomic mass is 10.0. The van der Waals surface area contributed by atoms with Crippen LogP contribution in [0.15, 0.2) is 42.5 Å². The Labute approximate surface area is 129 Å². The Morgan fingerprint density at radius 2 is 1.81 bits per heavy atom. The molecule has 0 aromatic heterocycles. The minimum atomic E-state index is -0.0440. The van der Waals surface area contributed by atoms with Gasteiger partial charge in [-0.05, 0) is 35.9 Å². The maximum absolute atomic E-state index is 11.7. The van der Waals surface area contributed by atoms with Crippen molar-refractivity contribution >= 4 is 23.2 Å². The van der Waals surface area contributed by atoms with E-state index in [0.717, 1.165) is 22.6 Å². The molecule has 2 rings (SSSR count). The third-order valence-corrected chi connectivity index (χ3v) is 3.49. The van der Waals surface area contributed by atoms with Crippen molar-refractivity contribution in [2.45, 2.75) is 13.8 Å². The highest BCUT2D eigenvalue weighted by molar-refractivity contribution is 6.33. The first-order valence-corrected chi connectivity index (χ1v) is 7.14. The standard InChI is InChI=1S/C17H18ClNO2/c1-11(2)17(20)19-13-6-4-12(5-7-13)15-10-14(21-3)8-9-16(15)18/h4-11H,1-3H3,(H,19,20). The quantitative estimate of drug-likeness (QED) is 0.895. The topological polar surface area (TPSA) is 38.3 Å². The molecule has 0 unspecified atom stereocenters. The molecule has 21 heavy (non-hydrogen) atoms. The van der Waals surface area contributed by atoms with Gasteiger partial charge in [-0.1, -0.05) is 37.6 Å². The summed E-state index contributed by atoms with van der Waals surface area (Å²) >= 11 is 6.23. The van der Waals surface area contributed by atoms with Crippen LogP contribution in [0.1, 0.15) is 13.8 Å². The molecule has 4 heteroatoms. The number of carbonyl (C=O) groups excluding carboxylic acids is 1. The Morgan fingerprint density at radius 3 is 2.38 bits per heavy atom. The molecule has 0 bridgehead atoms. The highest BCUT2D eigenvalue weighted by Crippen LogP contribution is 2.32. The van der Waals surface area contributed by atoms with E-state index >= 15 is 0 Å². The molecule has 0 atom stereocenters. The van der Waals surface area contributed by atoms with Crippen LogP contribution < -0.4 is 10.1 Å².